The van der Waals surface area contributed by atoms with Gasteiger partial charge in [-0.3, -0.25) is 9.59 Å². The second-order valence-corrected chi connectivity index (χ2v) is 5.08. The van der Waals surface area contributed by atoms with E-state index < -0.39 is 5.97 Å². The van der Waals surface area contributed by atoms with Crippen molar-refractivity contribution < 1.29 is 19.4 Å². The topological polar surface area (TPSA) is 97.5 Å². The first-order chi connectivity index (χ1) is 10.1. The molecule has 1 amide bonds. The number of piperidine rings is 1. The van der Waals surface area contributed by atoms with Gasteiger partial charge in [-0.25, -0.2) is 4.68 Å². The van der Waals surface area contributed by atoms with Crippen LogP contribution in [-0.4, -0.2) is 62.7 Å². The third-order valence-corrected chi connectivity index (χ3v) is 3.28. The SMILES string of the molecule is CCCOC1CCCN(C(=O)c2cn(CC(=O)O)nn2)C1. The van der Waals surface area contributed by atoms with E-state index in [-0.39, 0.29) is 24.2 Å². The fourth-order valence-corrected chi connectivity index (χ4v) is 2.32. The Labute approximate surface area is 122 Å². The summed E-state index contributed by atoms with van der Waals surface area (Å²) in [6, 6.07) is 0. The van der Waals surface area contributed by atoms with Gasteiger partial charge >= 0.3 is 5.97 Å². The summed E-state index contributed by atoms with van der Waals surface area (Å²) < 4.78 is 6.84. The molecule has 1 atom stereocenters. The Morgan fingerprint density at radius 2 is 2.33 bits per heavy atom. The van der Waals surface area contributed by atoms with Crippen LogP contribution in [0.4, 0.5) is 0 Å². The van der Waals surface area contributed by atoms with Crippen molar-refractivity contribution >= 4 is 11.9 Å². The molecule has 0 radical (unpaired) electrons. The largest absolute Gasteiger partial charge is 0.480 e. The van der Waals surface area contributed by atoms with Crippen LogP contribution < -0.4 is 0 Å². The second kappa shape index (κ2) is 7.16. The van der Waals surface area contributed by atoms with E-state index in [1.54, 1.807) is 4.90 Å². The molecule has 0 aliphatic carbocycles. The zero-order chi connectivity index (χ0) is 15.2. The maximum Gasteiger partial charge on any atom is 0.325 e. The van der Waals surface area contributed by atoms with Gasteiger partial charge in [-0.15, -0.1) is 5.10 Å². The molecule has 1 saturated heterocycles. The number of aromatic nitrogens is 3. The summed E-state index contributed by atoms with van der Waals surface area (Å²) in [6.07, 6.45) is 4.23. The molecule has 8 heteroatoms. The van der Waals surface area contributed by atoms with Crippen LogP contribution in [0.25, 0.3) is 0 Å². The summed E-state index contributed by atoms with van der Waals surface area (Å²) in [4.78, 5) is 24.6. The Bertz CT molecular complexity index is 502. The summed E-state index contributed by atoms with van der Waals surface area (Å²) in [5.41, 5.74) is 0.174. The van der Waals surface area contributed by atoms with Crippen LogP contribution in [0.15, 0.2) is 6.20 Å². The van der Waals surface area contributed by atoms with Crippen LogP contribution in [0.3, 0.4) is 0 Å². The first kappa shape index (κ1) is 15.4. The summed E-state index contributed by atoms with van der Waals surface area (Å²) in [7, 11) is 0. The maximum absolute atomic E-state index is 12.3. The Hall–Kier alpha value is -1.96. The van der Waals surface area contributed by atoms with Gasteiger partial charge in [0.1, 0.15) is 6.54 Å². The molecule has 0 bridgehead atoms. The van der Waals surface area contributed by atoms with E-state index in [4.69, 9.17) is 9.84 Å². The average molecular weight is 296 g/mol. The average Bonchev–Trinajstić information content (AvgIpc) is 2.92. The van der Waals surface area contributed by atoms with Gasteiger partial charge in [0.25, 0.3) is 5.91 Å². The van der Waals surface area contributed by atoms with Crippen LogP contribution in [0.5, 0.6) is 0 Å². The van der Waals surface area contributed by atoms with Gasteiger partial charge in [-0.2, -0.15) is 0 Å². The van der Waals surface area contributed by atoms with E-state index in [2.05, 4.69) is 10.3 Å². The molecule has 1 fully saturated rings. The number of carbonyl (C=O) groups is 2. The molecule has 1 N–H and O–H groups in total. The van der Waals surface area contributed by atoms with Crippen molar-refractivity contribution in [1.29, 1.82) is 0 Å². The molecular formula is C13H20N4O4. The number of hydrogen-bond donors (Lipinski definition) is 1. The van der Waals surface area contributed by atoms with Gasteiger partial charge in [-0.05, 0) is 19.3 Å². The van der Waals surface area contributed by atoms with Crippen LogP contribution in [0.2, 0.25) is 0 Å². The Morgan fingerprint density at radius 1 is 1.52 bits per heavy atom. The molecule has 2 rings (SSSR count). The van der Waals surface area contributed by atoms with Crippen LogP contribution in [0, 0.1) is 0 Å². The van der Waals surface area contributed by atoms with Gasteiger partial charge in [-0.1, -0.05) is 12.1 Å². The van der Waals surface area contributed by atoms with Crippen molar-refractivity contribution in [2.75, 3.05) is 19.7 Å². The number of hydrogen-bond acceptors (Lipinski definition) is 5. The van der Waals surface area contributed by atoms with Gasteiger partial charge in [0.2, 0.25) is 0 Å². The van der Waals surface area contributed by atoms with E-state index in [1.807, 2.05) is 6.92 Å². The molecule has 0 spiro atoms. The molecule has 1 unspecified atom stereocenters. The maximum atomic E-state index is 12.3. The minimum atomic E-state index is -1.02. The van der Waals surface area contributed by atoms with Gasteiger partial charge in [0, 0.05) is 19.7 Å². The molecule has 116 valence electrons. The zero-order valence-corrected chi connectivity index (χ0v) is 12.1. The highest BCUT2D eigenvalue weighted by atomic mass is 16.5. The highest BCUT2D eigenvalue weighted by Crippen LogP contribution is 2.15. The predicted octanol–water partition coefficient (Wildman–Crippen LogP) is 0.394. The number of nitrogens with zero attached hydrogens (tertiary/aromatic N) is 4. The predicted molar refractivity (Wildman–Crippen MR) is 72.8 cm³/mol. The Kier molecular flexibility index (Phi) is 5.26. The van der Waals surface area contributed by atoms with Crippen LogP contribution in [-0.2, 0) is 16.1 Å². The molecule has 2 heterocycles. The fraction of sp³-hybridized carbons (Fsp3) is 0.692. The normalized spacial score (nSPS) is 18.7. The number of carboxylic acids is 1. The Balaban J connectivity index is 1.95. The fourth-order valence-electron chi connectivity index (χ4n) is 2.32. The smallest absolute Gasteiger partial charge is 0.325 e. The third-order valence-electron chi connectivity index (χ3n) is 3.28. The quantitative estimate of drug-likeness (QED) is 0.815. The highest BCUT2D eigenvalue weighted by Gasteiger charge is 2.26. The summed E-state index contributed by atoms with van der Waals surface area (Å²) >= 11 is 0. The molecule has 1 aliphatic rings. The second-order valence-electron chi connectivity index (χ2n) is 5.08. The molecule has 1 aliphatic heterocycles. The minimum absolute atomic E-state index is 0.0664. The molecule has 8 nitrogen and oxygen atoms in total. The minimum Gasteiger partial charge on any atom is -0.480 e. The van der Waals surface area contributed by atoms with E-state index in [9.17, 15) is 9.59 Å². The van der Waals surface area contributed by atoms with Crippen molar-refractivity contribution in [3.05, 3.63) is 11.9 Å². The standard InChI is InChI=1S/C13H20N4O4/c1-2-6-21-10-4-3-5-16(7-10)13(20)11-8-17(15-14-11)9-12(18)19/h8,10H,2-7,9H2,1H3,(H,18,19). The number of carbonyl (C=O) groups excluding carboxylic acids is 1. The van der Waals surface area contributed by atoms with Crippen molar-refractivity contribution in [2.45, 2.75) is 38.8 Å². The lowest BCUT2D eigenvalue weighted by molar-refractivity contribution is -0.137. The van der Waals surface area contributed by atoms with Gasteiger partial charge in [0.05, 0.1) is 12.3 Å². The number of rotatable bonds is 6. The van der Waals surface area contributed by atoms with E-state index in [1.165, 1.54) is 6.20 Å². The molecular weight excluding hydrogens is 276 g/mol. The summed E-state index contributed by atoms with van der Waals surface area (Å²) in [5, 5.41) is 16.1. The van der Waals surface area contributed by atoms with Gasteiger partial charge < -0.3 is 14.7 Å². The lowest BCUT2D eigenvalue weighted by atomic mass is 10.1. The van der Waals surface area contributed by atoms with Crippen LogP contribution in [0.1, 0.15) is 36.7 Å². The highest BCUT2D eigenvalue weighted by molar-refractivity contribution is 5.92. The van der Waals surface area contributed by atoms with E-state index in [0.29, 0.717) is 19.7 Å². The first-order valence-electron chi connectivity index (χ1n) is 7.13. The van der Waals surface area contributed by atoms with Crippen molar-refractivity contribution in [1.82, 2.24) is 19.9 Å². The van der Waals surface area contributed by atoms with Crippen molar-refractivity contribution in [3.63, 3.8) is 0 Å². The van der Waals surface area contributed by atoms with Crippen LogP contribution >= 0.6 is 0 Å². The number of amides is 1. The summed E-state index contributed by atoms with van der Waals surface area (Å²) in [5.74, 6) is -1.25. The summed E-state index contributed by atoms with van der Waals surface area (Å²) in [6.45, 7) is 3.65. The molecule has 0 aromatic carbocycles. The number of aliphatic carboxylic acids is 1. The molecule has 21 heavy (non-hydrogen) atoms. The third kappa shape index (κ3) is 4.25. The van der Waals surface area contributed by atoms with E-state index in [0.717, 1.165) is 23.9 Å². The number of likely N-dealkylation sites (tertiary alicyclic amines) is 1. The lowest BCUT2D eigenvalue weighted by Crippen LogP contribution is -2.43. The van der Waals surface area contributed by atoms with Crippen molar-refractivity contribution in [3.8, 4) is 0 Å². The van der Waals surface area contributed by atoms with Gasteiger partial charge in [0.15, 0.2) is 5.69 Å². The van der Waals surface area contributed by atoms with E-state index >= 15 is 0 Å². The molecule has 1 aromatic rings. The molecule has 0 saturated carbocycles. The van der Waals surface area contributed by atoms with Crippen molar-refractivity contribution in [2.24, 2.45) is 0 Å². The monoisotopic (exact) mass is 296 g/mol. The first-order valence-corrected chi connectivity index (χ1v) is 7.13. The molecule has 1 aromatic heterocycles. The number of ether oxygens (including phenoxy) is 1. The lowest BCUT2D eigenvalue weighted by Gasteiger charge is -2.32. The zero-order valence-electron chi connectivity index (χ0n) is 12.1. The Morgan fingerprint density at radius 3 is 3.05 bits per heavy atom. The number of carboxylic acid groups (broad SMARTS) is 1.